The van der Waals surface area contributed by atoms with Crippen LogP contribution in [0, 0.1) is 23.2 Å². The first-order valence-corrected chi connectivity index (χ1v) is 9.42. The summed E-state index contributed by atoms with van der Waals surface area (Å²) in [6.07, 6.45) is 2.80. The van der Waals surface area contributed by atoms with Gasteiger partial charge in [0.1, 0.15) is 0 Å². The van der Waals surface area contributed by atoms with Crippen molar-refractivity contribution in [2.45, 2.75) is 63.6 Å². The highest BCUT2D eigenvalue weighted by atomic mass is 19.4. The van der Waals surface area contributed by atoms with Gasteiger partial charge in [-0.15, -0.1) is 0 Å². The molecule has 5 fully saturated rings. The number of hydrogen-bond donors (Lipinski definition) is 1. The van der Waals surface area contributed by atoms with Gasteiger partial charge in [0.25, 0.3) is 0 Å². The van der Waals surface area contributed by atoms with Crippen LogP contribution in [0.3, 0.4) is 0 Å². The van der Waals surface area contributed by atoms with Crippen LogP contribution in [-0.2, 0) is 9.59 Å². The summed E-state index contributed by atoms with van der Waals surface area (Å²) in [4.78, 5) is 26.1. The molecule has 140 valence electrons. The maximum Gasteiger partial charge on any atom is 0.471 e. The number of nitrogens with one attached hydrogen (secondary N) is 1. The minimum Gasteiger partial charge on any atom is -0.345 e. The smallest absolute Gasteiger partial charge is 0.345 e. The molecule has 0 radical (unpaired) electrons. The normalized spacial score (nSPS) is 38.0. The molecule has 1 N–H and O–H groups in total. The zero-order valence-electron chi connectivity index (χ0n) is 14.3. The molecule has 2 amide bonds. The maximum absolute atomic E-state index is 13.2. The molecular weight excluding hydrogens is 333 g/mol. The van der Waals surface area contributed by atoms with Crippen LogP contribution in [0.5, 0.6) is 0 Å². The van der Waals surface area contributed by atoms with E-state index in [0.717, 1.165) is 19.3 Å². The van der Waals surface area contributed by atoms with E-state index in [-0.39, 0.29) is 11.3 Å². The second kappa shape index (κ2) is 5.88. The van der Waals surface area contributed by atoms with E-state index in [4.69, 9.17) is 0 Å². The van der Waals surface area contributed by atoms with E-state index in [1.807, 2.05) is 4.90 Å². The zero-order valence-corrected chi connectivity index (χ0v) is 14.3. The Kier molecular flexibility index (Phi) is 4.03. The highest BCUT2D eigenvalue weighted by Gasteiger charge is 2.55. The number of carbonyl (C=O) groups is 2. The van der Waals surface area contributed by atoms with E-state index in [2.05, 4.69) is 5.32 Å². The number of piperidine rings is 1. The highest BCUT2D eigenvalue weighted by molar-refractivity contribution is 5.84. The topological polar surface area (TPSA) is 49.4 Å². The summed E-state index contributed by atoms with van der Waals surface area (Å²) in [6, 6.07) is -0.491. The lowest BCUT2D eigenvalue weighted by molar-refractivity contribution is -0.174. The molecule has 4 aliphatic carbocycles. The van der Waals surface area contributed by atoms with Gasteiger partial charge in [0.05, 0.1) is 5.41 Å². The fourth-order valence-corrected chi connectivity index (χ4v) is 6.20. The van der Waals surface area contributed by atoms with Gasteiger partial charge in [0, 0.05) is 19.1 Å². The van der Waals surface area contributed by atoms with Crippen LogP contribution in [0.15, 0.2) is 0 Å². The molecule has 0 aromatic heterocycles. The molecule has 1 heterocycles. The Hall–Kier alpha value is -1.27. The lowest BCUT2D eigenvalue weighted by atomic mass is 9.49. The summed E-state index contributed by atoms with van der Waals surface area (Å²) in [7, 11) is 0. The predicted octanol–water partition coefficient (Wildman–Crippen LogP) is 2.87. The van der Waals surface area contributed by atoms with Crippen LogP contribution in [0.2, 0.25) is 0 Å². The first kappa shape index (κ1) is 17.2. The molecule has 1 aliphatic heterocycles. The summed E-state index contributed by atoms with van der Waals surface area (Å²) >= 11 is 0. The molecule has 0 aromatic carbocycles. The third kappa shape index (κ3) is 3.14. The average molecular weight is 358 g/mol. The summed E-state index contributed by atoms with van der Waals surface area (Å²) in [5.41, 5.74) is -0.198. The molecule has 1 saturated heterocycles. The molecule has 4 bridgehead atoms. The van der Waals surface area contributed by atoms with Crippen LogP contribution in [0.1, 0.15) is 51.4 Å². The van der Waals surface area contributed by atoms with Gasteiger partial charge in [-0.25, -0.2) is 0 Å². The number of likely N-dealkylation sites (tertiary alicyclic amines) is 1. The van der Waals surface area contributed by atoms with Crippen molar-refractivity contribution in [3.8, 4) is 0 Å². The van der Waals surface area contributed by atoms with E-state index >= 15 is 0 Å². The van der Waals surface area contributed by atoms with Crippen molar-refractivity contribution in [1.29, 1.82) is 0 Å². The Morgan fingerprint density at radius 1 is 0.920 bits per heavy atom. The number of rotatable bonds is 2. The average Bonchev–Trinajstić information content (AvgIpc) is 2.52. The van der Waals surface area contributed by atoms with Crippen LogP contribution in [0.25, 0.3) is 0 Å². The molecule has 5 aliphatic rings. The van der Waals surface area contributed by atoms with Crippen LogP contribution < -0.4 is 5.32 Å². The van der Waals surface area contributed by atoms with Gasteiger partial charge in [-0.3, -0.25) is 9.59 Å². The first-order chi connectivity index (χ1) is 11.7. The van der Waals surface area contributed by atoms with Gasteiger partial charge >= 0.3 is 12.1 Å². The van der Waals surface area contributed by atoms with Crippen molar-refractivity contribution in [3.63, 3.8) is 0 Å². The van der Waals surface area contributed by atoms with Crippen LogP contribution in [0.4, 0.5) is 13.2 Å². The molecule has 4 saturated carbocycles. The summed E-state index contributed by atoms with van der Waals surface area (Å²) in [5.74, 6) is 0.432. The predicted molar refractivity (Wildman–Crippen MR) is 84.4 cm³/mol. The third-order valence-electron chi connectivity index (χ3n) is 6.87. The molecule has 0 unspecified atom stereocenters. The standard InChI is InChI=1S/C18H25F3N2O2/c19-18(20,21)15(24)22-14-1-3-23(4-2-14)16(25)17-8-11-5-12(9-17)7-13(6-11)10-17/h11-14H,1-10H2,(H,22,24). The summed E-state index contributed by atoms with van der Waals surface area (Å²) in [5, 5.41) is 2.05. The van der Waals surface area contributed by atoms with Gasteiger partial charge in [-0.05, 0) is 69.1 Å². The third-order valence-corrected chi connectivity index (χ3v) is 6.87. The van der Waals surface area contributed by atoms with E-state index in [1.165, 1.54) is 19.3 Å². The fraction of sp³-hybridized carbons (Fsp3) is 0.889. The van der Waals surface area contributed by atoms with Gasteiger partial charge in [-0.1, -0.05) is 0 Å². The second-order valence-corrected chi connectivity index (χ2v) is 8.74. The Bertz CT molecular complexity index is 532. The zero-order chi connectivity index (χ0) is 17.8. The Labute approximate surface area is 145 Å². The molecular formula is C18H25F3N2O2. The van der Waals surface area contributed by atoms with Gasteiger partial charge in [0.2, 0.25) is 5.91 Å². The lowest BCUT2D eigenvalue weighted by Crippen LogP contribution is -2.57. The van der Waals surface area contributed by atoms with E-state index in [0.29, 0.717) is 43.7 Å². The van der Waals surface area contributed by atoms with Gasteiger partial charge < -0.3 is 10.2 Å². The quantitative estimate of drug-likeness (QED) is 0.825. The van der Waals surface area contributed by atoms with Crippen molar-refractivity contribution in [2.75, 3.05) is 13.1 Å². The molecule has 4 nitrogen and oxygen atoms in total. The SMILES string of the molecule is O=C(NC1CCN(C(=O)C23CC4CC(CC(C4)C2)C3)CC1)C(F)(F)F. The first-order valence-electron chi connectivity index (χ1n) is 9.42. The van der Waals surface area contributed by atoms with Crippen molar-refractivity contribution in [3.05, 3.63) is 0 Å². The van der Waals surface area contributed by atoms with Gasteiger partial charge in [0.15, 0.2) is 0 Å². The molecule has 7 heteroatoms. The van der Waals surface area contributed by atoms with Crippen LogP contribution in [-0.4, -0.2) is 42.0 Å². The number of hydrogen-bond acceptors (Lipinski definition) is 2. The molecule has 0 atom stereocenters. The summed E-state index contributed by atoms with van der Waals surface area (Å²) < 4.78 is 37.1. The number of halogens is 3. The van der Waals surface area contributed by atoms with Crippen molar-refractivity contribution >= 4 is 11.8 Å². The second-order valence-electron chi connectivity index (χ2n) is 8.74. The Morgan fingerprint density at radius 2 is 1.40 bits per heavy atom. The van der Waals surface area contributed by atoms with Crippen molar-refractivity contribution in [1.82, 2.24) is 10.2 Å². The van der Waals surface area contributed by atoms with Crippen molar-refractivity contribution < 1.29 is 22.8 Å². The number of carbonyl (C=O) groups excluding carboxylic acids is 2. The van der Waals surface area contributed by atoms with Gasteiger partial charge in [-0.2, -0.15) is 13.2 Å². The highest BCUT2D eigenvalue weighted by Crippen LogP contribution is 2.60. The number of alkyl halides is 3. The number of amides is 2. The molecule has 25 heavy (non-hydrogen) atoms. The molecule has 0 spiro atoms. The summed E-state index contributed by atoms with van der Waals surface area (Å²) in [6.45, 7) is 0.896. The van der Waals surface area contributed by atoms with E-state index in [1.54, 1.807) is 0 Å². The Morgan fingerprint density at radius 3 is 1.84 bits per heavy atom. The monoisotopic (exact) mass is 358 g/mol. The van der Waals surface area contributed by atoms with E-state index in [9.17, 15) is 22.8 Å². The minimum atomic E-state index is -4.84. The largest absolute Gasteiger partial charge is 0.471 e. The molecule has 0 aromatic rings. The van der Waals surface area contributed by atoms with E-state index < -0.39 is 18.1 Å². The van der Waals surface area contributed by atoms with Crippen molar-refractivity contribution in [2.24, 2.45) is 23.2 Å². The van der Waals surface area contributed by atoms with Crippen LogP contribution >= 0.6 is 0 Å². The maximum atomic E-state index is 13.2. The fourth-order valence-electron chi connectivity index (χ4n) is 6.20. The number of nitrogens with zero attached hydrogens (tertiary/aromatic N) is 1. The Balaban J connectivity index is 1.35. The molecule has 5 rings (SSSR count). The lowest BCUT2D eigenvalue weighted by Gasteiger charge is -2.57. The minimum absolute atomic E-state index is 0.198.